The van der Waals surface area contributed by atoms with Crippen molar-refractivity contribution in [3.8, 4) is 5.69 Å². The van der Waals surface area contributed by atoms with Gasteiger partial charge < -0.3 is 10.2 Å². The van der Waals surface area contributed by atoms with Crippen molar-refractivity contribution in [2.75, 3.05) is 18.4 Å². The second kappa shape index (κ2) is 7.18. The highest BCUT2D eigenvalue weighted by Gasteiger charge is 2.26. The van der Waals surface area contributed by atoms with Crippen LogP contribution in [0.1, 0.15) is 31.7 Å². The van der Waals surface area contributed by atoms with Gasteiger partial charge in [0.25, 0.3) is 0 Å². The summed E-state index contributed by atoms with van der Waals surface area (Å²) in [6, 6.07) is 5.84. The summed E-state index contributed by atoms with van der Waals surface area (Å²) in [5.74, 6) is -0.148. The summed E-state index contributed by atoms with van der Waals surface area (Å²) in [5, 5.41) is 7.85. The first kappa shape index (κ1) is 18.3. The van der Waals surface area contributed by atoms with Crippen molar-refractivity contribution in [2.45, 2.75) is 32.4 Å². The standard InChI is InChI=1S/C20H21F2N5O/c1-12(2)13-7-14-10-27(25-19(14)23-9-13)18-8-16(3-4-17(18)22)24-20(28)26-6-5-15(21)11-26/h3-4,7-10,12,15H,5-6,11H2,1-2H3,(H,24,28)/t15-/m1/s1. The Morgan fingerprint density at radius 1 is 1.32 bits per heavy atom. The lowest BCUT2D eigenvalue weighted by atomic mass is 10.1. The van der Waals surface area contributed by atoms with Gasteiger partial charge in [-0.05, 0) is 42.2 Å². The minimum Gasteiger partial charge on any atom is -0.322 e. The van der Waals surface area contributed by atoms with Crippen molar-refractivity contribution in [2.24, 2.45) is 0 Å². The van der Waals surface area contributed by atoms with E-state index in [1.54, 1.807) is 12.4 Å². The SMILES string of the molecule is CC(C)c1cnc2nn(-c3cc(NC(=O)N4CC[C@@H](F)C4)ccc3F)cc2c1. The Labute approximate surface area is 161 Å². The summed E-state index contributed by atoms with van der Waals surface area (Å²) in [4.78, 5) is 18.0. The fraction of sp³-hybridized carbons (Fsp3) is 0.350. The van der Waals surface area contributed by atoms with Crippen molar-refractivity contribution in [1.29, 1.82) is 0 Å². The van der Waals surface area contributed by atoms with Gasteiger partial charge in [0.1, 0.15) is 17.7 Å². The molecule has 1 aliphatic rings. The van der Waals surface area contributed by atoms with Gasteiger partial charge in [0, 0.05) is 30.0 Å². The molecule has 28 heavy (non-hydrogen) atoms. The first-order chi connectivity index (χ1) is 13.4. The number of aromatic nitrogens is 3. The van der Waals surface area contributed by atoms with Crippen LogP contribution in [0.25, 0.3) is 16.7 Å². The summed E-state index contributed by atoms with van der Waals surface area (Å²) in [6.07, 6.45) is 2.83. The summed E-state index contributed by atoms with van der Waals surface area (Å²) < 4.78 is 29.1. The molecule has 1 fully saturated rings. The van der Waals surface area contributed by atoms with E-state index in [-0.39, 0.29) is 12.2 Å². The van der Waals surface area contributed by atoms with Crippen LogP contribution in [0.4, 0.5) is 19.3 Å². The smallest absolute Gasteiger partial charge is 0.321 e. The molecule has 1 atom stereocenters. The number of amides is 2. The second-order valence-electron chi connectivity index (χ2n) is 7.34. The van der Waals surface area contributed by atoms with Gasteiger partial charge in [0.2, 0.25) is 0 Å². The second-order valence-corrected chi connectivity index (χ2v) is 7.34. The van der Waals surface area contributed by atoms with E-state index < -0.39 is 18.0 Å². The zero-order valence-corrected chi connectivity index (χ0v) is 15.7. The molecule has 6 nitrogen and oxygen atoms in total. The lowest BCUT2D eigenvalue weighted by Crippen LogP contribution is -2.33. The molecular formula is C20H21F2N5O. The predicted octanol–water partition coefficient (Wildman–Crippen LogP) is 4.26. The van der Waals surface area contributed by atoms with Gasteiger partial charge in [-0.25, -0.2) is 23.2 Å². The normalized spacial score (nSPS) is 16.9. The number of urea groups is 1. The van der Waals surface area contributed by atoms with Crippen molar-refractivity contribution < 1.29 is 13.6 Å². The third-order valence-electron chi connectivity index (χ3n) is 4.91. The number of nitrogens with zero attached hydrogens (tertiary/aromatic N) is 4. The average molecular weight is 385 g/mol. The molecule has 0 unspecified atom stereocenters. The number of nitrogens with one attached hydrogen (secondary N) is 1. The molecule has 8 heteroatoms. The van der Waals surface area contributed by atoms with Crippen LogP contribution in [0.3, 0.4) is 0 Å². The first-order valence-electron chi connectivity index (χ1n) is 9.26. The Morgan fingerprint density at radius 2 is 2.14 bits per heavy atom. The van der Waals surface area contributed by atoms with Crippen LogP contribution in [0.5, 0.6) is 0 Å². The highest BCUT2D eigenvalue weighted by atomic mass is 19.1. The zero-order chi connectivity index (χ0) is 19.8. The molecule has 0 radical (unpaired) electrons. The van der Waals surface area contributed by atoms with Gasteiger partial charge in [-0.3, -0.25) is 0 Å². The van der Waals surface area contributed by atoms with Crippen LogP contribution in [-0.2, 0) is 0 Å². The maximum Gasteiger partial charge on any atom is 0.321 e. The number of rotatable bonds is 3. The minimum atomic E-state index is -0.991. The number of hydrogen-bond donors (Lipinski definition) is 1. The van der Waals surface area contributed by atoms with E-state index >= 15 is 0 Å². The number of likely N-dealkylation sites (tertiary alicyclic amines) is 1. The molecule has 3 heterocycles. The van der Waals surface area contributed by atoms with Gasteiger partial charge in [-0.2, -0.15) is 0 Å². The van der Waals surface area contributed by atoms with Crippen molar-refractivity contribution in [1.82, 2.24) is 19.7 Å². The highest BCUT2D eigenvalue weighted by Crippen LogP contribution is 2.23. The molecule has 3 aromatic rings. The van der Waals surface area contributed by atoms with Crippen molar-refractivity contribution >= 4 is 22.8 Å². The third-order valence-corrected chi connectivity index (χ3v) is 4.91. The Hall–Kier alpha value is -3.03. The molecular weight excluding hydrogens is 364 g/mol. The molecule has 1 aliphatic heterocycles. The summed E-state index contributed by atoms with van der Waals surface area (Å²) in [7, 11) is 0. The molecule has 0 spiro atoms. The maximum atomic E-state index is 14.4. The van der Waals surface area contributed by atoms with Gasteiger partial charge in [-0.15, -0.1) is 5.10 Å². The molecule has 0 aliphatic carbocycles. The molecule has 0 saturated carbocycles. The van der Waals surface area contributed by atoms with Crippen LogP contribution in [-0.4, -0.2) is 45.0 Å². The zero-order valence-electron chi connectivity index (χ0n) is 15.7. The number of alkyl halides is 1. The van der Waals surface area contributed by atoms with Crippen LogP contribution >= 0.6 is 0 Å². The fourth-order valence-electron chi connectivity index (χ4n) is 3.24. The van der Waals surface area contributed by atoms with Crippen LogP contribution < -0.4 is 5.32 Å². The maximum absolute atomic E-state index is 14.4. The number of carbonyl (C=O) groups excluding carboxylic acids is 1. The van der Waals surface area contributed by atoms with E-state index in [0.29, 0.717) is 30.2 Å². The van der Waals surface area contributed by atoms with E-state index in [0.717, 1.165) is 10.9 Å². The molecule has 146 valence electrons. The van der Waals surface area contributed by atoms with Crippen LogP contribution in [0, 0.1) is 5.82 Å². The van der Waals surface area contributed by atoms with E-state index in [1.165, 1.54) is 27.8 Å². The largest absolute Gasteiger partial charge is 0.322 e. The van der Waals surface area contributed by atoms with Crippen molar-refractivity contribution in [3.63, 3.8) is 0 Å². The first-order valence-corrected chi connectivity index (χ1v) is 9.26. The van der Waals surface area contributed by atoms with E-state index in [2.05, 4.69) is 29.2 Å². The number of pyridine rings is 1. The number of carbonyl (C=O) groups is 1. The molecule has 1 aromatic carbocycles. The predicted molar refractivity (Wildman–Crippen MR) is 103 cm³/mol. The Morgan fingerprint density at radius 3 is 2.86 bits per heavy atom. The highest BCUT2D eigenvalue weighted by molar-refractivity contribution is 5.90. The number of halogens is 2. The monoisotopic (exact) mass is 385 g/mol. The van der Waals surface area contributed by atoms with Gasteiger partial charge in [0.05, 0.1) is 6.54 Å². The van der Waals surface area contributed by atoms with E-state index in [9.17, 15) is 13.6 Å². The quantitative estimate of drug-likeness (QED) is 0.733. The molecule has 2 aromatic heterocycles. The average Bonchev–Trinajstić information content (AvgIpc) is 3.28. The summed E-state index contributed by atoms with van der Waals surface area (Å²) in [5.41, 5.74) is 2.21. The third kappa shape index (κ3) is 3.54. The lowest BCUT2D eigenvalue weighted by molar-refractivity contribution is 0.218. The number of fused-ring (bicyclic) bond motifs is 1. The molecule has 0 bridgehead atoms. The van der Waals surface area contributed by atoms with Gasteiger partial charge in [-0.1, -0.05) is 13.8 Å². The topological polar surface area (TPSA) is 63.1 Å². The Kier molecular flexibility index (Phi) is 4.70. The number of anilines is 1. The molecule has 2 amide bonds. The van der Waals surface area contributed by atoms with E-state index in [4.69, 9.17) is 0 Å². The fourth-order valence-corrected chi connectivity index (χ4v) is 3.24. The summed E-state index contributed by atoms with van der Waals surface area (Å²) in [6.45, 7) is 4.60. The van der Waals surface area contributed by atoms with Gasteiger partial charge in [0.15, 0.2) is 5.65 Å². The minimum absolute atomic E-state index is 0.0777. The molecule has 1 saturated heterocycles. The van der Waals surface area contributed by atoms with Crippen molar-refractivity contribution in [3.05, 3.63) is 48.0 Å². The molecule has 1 N–H and O–H groups in total. The van der Waals surface area contributed by atoms with Gasteiger partial charge >= 0.3 is 6.03 Å². The summed E-state index contributed by atoms with van der Waals surface area (Å²) >= 11 is 0. The molecule has 4 rings (SSSR count). The van der Waals surface area contributed by atoms with Crippen LogP contribution in [0.2, 0.25) is 0 Å². The number of hydrogen-bond acceptors (Lipinski definition) is 3. The van der Waals surface area contributed by atoms with E-state index in [1.807, 2.05) is 6.07 Å². The lowest BCUT2D eigenvalue weighted by Gasteiger charge is -2.16. The Balaban J connectivity index is 1.62. The Bertz CT molecular complexity index is 1030. The van der Waals surface area contributed by atoms with Crippen LogP contribution in [0.15, 0.2) is 36.7 Å². The number of benzene rings is 1.